The number of hydrogen-bond donors (Lipinski definition) is 1. The van der Waals surface area contributed by atoms with Crippen LogP contribution in [0.25, 0.3) is 0 Å². The number of nitrogens with zero attached hydrogens (tertiary/aromatic N) is 5. The number of azo groups is 1. The van der Waals surface area contributed by atoms with E-state index in [0.29, 0.717) is 4.90 Å². The molecular formula is C25H25N5NiO5S+2. The number of aromatic nitrogens is 2. The molecule has 1 aromatic heterocycles. The van der Waals surface area contributed by atoms with Crippen LogP contribution in [-0.4, -0.2) is 37.5 Å². The van der Waals surface area contributed by atoms with Gasteiger partial charge in [-0.05, 0) is 37.1 Å². The molecule has 0 radical (unpaired) electrons. The van der Waals surface area contributed by atoms with Gasteiger partial charge in [-0.15, -0.1) is 10.2 Å². The monoisotopic (exact) mass is 565 g/mol. The van der Waals surface area contributed by atoms with Gasteiger partial charge in [-0.3, -0.25) is 28.4 Å². The molecule has 0 fully saturated rings. The smallest absolute Gasteiger partial charge is 0.493 e. The standard InChI is InChI=1S/C25H25N5O5S.Ni/c1-13(2)12-30-21(31)16-10-11-17(36-15-8-6-14(3)7-9-15)19(18(16)22(30)32)26-27-20-23(33)28(4)25(35)29(5)24(20)34;/h6-11,13,33H,12H2,1-5H3;/q;+2. The second kappa shape index (κ2) is 10.9. The third-order valence-corrected chi connectivity index (χ3v) is 6.79. The van der Waals surface area contributed by atoms with Crippen LogP contribution in [0.2, 0.25) is 0 Å². The number of rotatable bonds is 6. The maximum Gasteiger partial charge on any atom is 2.00 e. The van der Waals surface area contributed by atoms with Crippen molar-refractivity contribution in [2.45, 2.75) is 30.6 Å². The minimum absolute atomic E-state index is 0. The number of aromatic hydroxyl groups is 1. The Morgan fingerprint density at radius 1 is 0.892 bits per heavy atom. The van der Waals surface area contributed by atoms with Crippen LogP contribution < -0.4 is 11.2 Å². The molecule has 10 nitrogen and oxygen atoms in total. The van der Waals surface area contributed by atoms with E-state index < -0.39 is 34.6 Å². The minimum Gasteiger partial charge on any atom is -0.493 e. The fraction of sp³-hybridized carbons (Fsp3) is 0.280. The first-order valence-electron chi connectivity index (χ1n) is 11.2. The van der Waals surface area contributed by atoms with Gasteiger partial charge < -0.3 is 5.11 Å². The molecule has 37 heavy (non-hydrogen) atoms. The van der Waals surface area contributed by atoms with E-state index >= 15 is 0 Å². The van der Waals surface area contributed by atoms with Crippen molar-refractivity contribution < 1.29 is 31.2 Å². The van der Waals surface area contributed by atoms with E-state index in [0.717, 1.165) is 19.6 Å². The zero-order chi connectivity index (χ0) is 26.3. The topological polar surface area (TPSA) is 126 Å². The molecule has 1 N–H and O–H groups in total. The van der Waals surface area contributed by atoms with E-state index in [1.807, 2.05) is 45.0 Å². The van der Waals surface area contributed by atoms with E-state index in [4.69, 9.17) is 0 Å². The van der Waals surface area contributed by atoms with Gasteiger partial charge >= 0.3 is 22.2 Å². The molecule has 0 saturated carbocycles. The summed E-state index contributed by atoms with van der Waals surface area (Å²) in [6.45, 7) is 6.02. The fourth-order valence-electron chi connectivity index (χ4n) is 3.79. The number of hydrogen-bond acceptors (Lipinski definition) is 8. The van der Waals surface area contributed by atoms with Crippen molar-refractivity contribution >= 4 is 35.0 Å². The summed E-state index contributed by atoms with van der Waals surface area (Å²) >= 11 is 1.32. The molecule has 2 aromatic carbocycles. The molecule has 2 heterocycles. The summed E-state index contributed by atoms with van der Waals surface area (Å²) in [7, 11) is 2.55. The normalized spacial score (nSPS) is 13.0. The summed E-state index contributed by atoms with van der Waals surface area (Å²) in [6.07, 6.45) is 0. The average Bonchev–Trinajstić information content (AvgIpc) is 3.08. The maximum absolute atomic E-state index is 13.3. The molecule has 194 valence electrons. The quantitative estimate of drug-likeness (QED) is 0.274. The van der Waals surface area contributed by atoms with Gasteiger partial charge in [0.05, 0.1) is 11.1 Å². The molecule has 2 amide bonds. The van der Waals surface area contributed by atoms with Crippen LogP contribution in [0.5, 0.6) is 5.88 Å². The first-order chi connectivity index (χ1) is 17.0. The van der Waals surface area contributed by atoms with Crippen LogP contribution in [0.3, 0.4) is 0 Å². The van der Waals surface area contributed by atoms with Gasteiger partial charge in [0.15, 0.2) is 0 Å². The number of aryl methyl sites for hydroxylation is 1. The van der Waals surface area contributed by atoms with Crippen molar-refractivity contribution in [1.82, 2.24) is 14.0 Å². The molecule has 0 atom stereocenters. The van der Waals surface area contributed by atoms with Crippen LogP contribution in [0, 0.1) is 12.8 Å². The largest absolute Gasteiger partial charge is 2.00 e. The summed E-state index contributed by atoms with van der Waals surface area (Å²) in [6, 6.07) is 11.0. The van der Waals surface area contributed by atoms with Gasteiger partial charge in [-0.25, -0.2) is 4.79 Å². The molecule has 1 aliphatic heterocycles. The number of imide groups is 1. The summed E-state index contributed by atoms with van der Waals surface area (Å²) in [5.74, 6) is -1.52. The SMILES string of the molecule is Cc1ccc(Sc2ccc3c(c2N=Nc2c(O)n(C)c(=O)n(C)c2=O)C(=O)N(CC(C)C)C3=O)cc1.[Ni+2]. The van der Waals surface area contributed by atoms with Gasteiger partial charge in [-0.2, -0.15) is 0 Å². The molecule has 0 aliphatic carbocycles. The molecule has 0 saturated heterocycles. The number of benzene rings is 2. The number of fused-ring (bicyclic) bond motifs is 1. The van der Waals surface area contributed by atoms with Crippen molar-refractivity contribution in [3.8, 4) is 5.88 Å². The Morgan fingerprint density at radius 3 is 2.14 bits per heavy atom. The molecular weight excluding hydrogens is 541 g/mol. The van der Waals surface area contributed by atoms with Crippen molar-refractivity contribution in [2.24, 2.45) is 30.2 Å². The van der Waals surface area contributed by atoms with Crippen molar-refractivity contribution in [1.29, 1.82) is 0 Å². The van der Waals surface area contributed by atoms with Crippen LogP contribution in [0.4, 0.5) is 11.4 Å². The molecule has 12 heteroatoms. The predicted molar refractivity (Wildman–Crippen MR) is 135 cm³/mol. The Labute approximate surface area is 227 Å². The molecule has 0 bridgehead atoms. The zero-order valence-electron chi connectivity index (χ0n) is 20.8. The molecule has 0 unspecified atom stereocenters. The Balaban J connectivity index is 0.00000380. The maximum atomic E-state index is 13.3. The van der Waals surface area contributed by atoms with Crippen molar-refractivity contribution in [3.05, 3.63) is 73.9 Å². The number of carbonyl (C=O) groups is 2. The van der Waals surface area contributed by atoms with Crippen LogP contribution in [0.15, 0.2) is 66.0 Å². The third kappa shape index (κ3) is 5.17. The Bertz CT molecular complexity index is 1540. The number of amides is 2. The zero-order valence-corrected chi connectivity index (χ0v) is 22.6. The van der Waals surface area contributed by atoms with Crippen LogP contribution in [-0.2, 0) is 30.6 Å². The Morgan fingerprint density at radius 2 is 1.51 bits per heavy atom. The van der Waals surface area contributed by atoms with E-state index in [2.05, 4.69) is 10.2 Å². The van der Waals surface area contributed by atoms with Gasteiger partial charge in [0.1, 0.15) is 5.69 Å². The number of carbonyl (C=O) groups excluding carboxylic acids is 2. The molecule has 4 rings (SSSR count). The second-order valence-electron chi connectivity index (χ2n) is 8.94. The van der Waals surface area contributed by atoms with Crippen LogP contribution >= 0.6 is 11.8 Å². The van der Waals surface area contributed by atoms with E-state index in [-0.39, 0.29) is 45.8 Å². The van der Waals surface area contributed by atoms with Crippen LogP contribution in [0.1, 0.15) is 40.1 Å². The molecule has 3 aromatic rings. The van der Waals surface area contributed by atoms with E-state index in [1.165, 1.54) is 30.8 Å². The Hall–Kier alpha value is -3.50. The van der Waals surface area contributed by atoms with Crippen molar-refractivity contribution in [2.75, 3.05) is 6.54 Å². The third-order valence-electron chi connectivity index (χ3n) is 5.73. The molecule has 0 spiro atoms. The minimum atomic E-state index is -0.844. The summed E-state index contributed by atoms with van der Waals surface area (Å²) < 4.78 is 1.66. The van der Waals surface area contributed by atoms with Crippen molar-refractivity contribution in [3.63, 3.8) is 0 Å². The first-order valence-corrected chi connectivity index (χ1v) is 12.0. The summed E-state index contributed by atoms with van der Waals surface area (Å²) in [5, 5.41) is 18.6. The fourth-order valence-corrected chi connectivity index (χ4v) is 4.69. The summed E-state index contributed by atoms with van der Waals surface area (Å²) in [4.78, 5) is 53.6. The second-order valence-corrected chi connectivity index (χ2v) is 10.1. The summed E-state index contributed by atoms with van der Waals surface area (Å²) in [5.41, 5.74) is -0.555. The Kier molecular flexibility index (Phi) is 8.24. The average molecular weight is 566 g/mol. The van der Waals surface area contributed by atoms with E-state index in [9.17, 15) is 24.3 Å². The predicted octanol–water partition coefficient (Wildman–Crippen LogP) is 3.91. The van der Waals surface area contributed by atoms with Gasteiger partial charge in [0.25, 0.3) is 17.4 Å². The van der Waals surface area contributed by atoms with Gasteiger partial charge in [0, 0.05) is 30.4 Å². The molecule has 1 aliphatic rings. The van der Waals surface area contributed by atoms with Gasteiger partial charge in [0.2, 0.25) is 11.6 Å². The first kappa shape index (κ1) is 28.1. The van der Waals surface area contributed by atoms with Gasteiger partial charge in [-0.1, -0.05) is 43.3 Å². The van der Waals surface area contributed by atoms with E-state index in [1.54, 1.807) is 12.1 Å².